The number of thioether (sulfide) groups is 1. The van der Waals surface area contributed by atoms with Crippen molar-refractivity contribution in [2.75, 3.05) is 12.3 Å². The van der Waals surface area contributed by atoms with Crippen LogP contribution in [0.15, 0.2) is 12.2 Å². The molecule has 0 aromatic heterocycles. The average Bonchev–Trinajstić information content (AvgIpc) is 3.39. The van der Waals surface area contributed by atoms with Crippen LogP contribution in [-0.4, -0.2) is 64.2 Å². The molecule has 0 aromatic carbocycles. The Hall–Kier alpha value is -2.56. The molecule has 3 aliphatic heterocycles. The summed E-state index contributed by atoms with van der Waals surface area (Å²) >= 11 is 1.85. The minimum Gasteiger partial charge on any atom is -0.332 e. The molecule has 4 N–H and O–H groups in total. The highest BCUT2D eigenvalue weighted by molar-refractivity contribution is 8.00. The number of amides is 6. The van der Waals surface area contributed by atoms with E-state index in [4.69, 9.17) is 0 Å². The molecule has 0 aromatic rings. The summed E-state index contributed by atoms with van der Waals surface area (Å²) in [6.45, 7) is 0.354. The molecule has 3 heterocycles. The first-order valence-electron chi connectivity index (χ1n) is 10.7. The number of hydrazine groups is 1. The highest BCUT2D eigenvalue weighted by Crippen LogP contribution is 2.33. The molecular formula is C20H29N5O5S. The van der Waals surface area contributed by atoms with Gasteiger partial charge in [0.25, 0.3) is 11.8 Å². The molecule has 0 bridgehead atoms. The maximum atomic E-state index is 11.9. The molecule has 170 valence electrons. The van der Waals surface area contributed by atoms with Crippen molar-refractivity contribution in [1.82, 2.24) is 26.4 Å². The Bertz CT molecular complexity index is 740. The van der Waals surface area contributed by atoms with Crippen LogP contribution in [0.3, 0.4) is 0 Å². The fourth-order valence-corrected chi connectivity index (χ4v) is 5.47. The van der Waals surface area contributed by atoms with Crippen LogP contribution in [0.25, 0.3) is 0 Å². The second kappa shape index (κ2) is 11.2. The van der Waals surface area contributed by atoms with Crippen molar-refractivity contribution >= 4 is 41.4 Å². The first-order chi connectivity index (χ1) is 14.9. The van der Waals surface area contributed by atoms with E-state index < -0.39 is 0 Å². The van der Waals surface area contributed by atoms with Gasteiger partial charge in [-0.25, -0.2) is 4.79 Å². The zero-order valence-electron chi connectivity index (χ0n) is 17.4. The Morgan fingerprint density at radius 1 is 0.935 bits per heavy atom. The van der Waals surface area contributed by atoms with E-state index in [2.05, 4.69) is 21.5 Å². The van der Waals surface area contributed by atoms with Crippen molar-refractivity contribution < 1.29 is 24.0 Å². The number of rotatable bonds is 11. The topological polar surface area (TPSA) is 137 Å². The van der Waals surface area contributed by atoms with E-state index in [9.17, 15) is 24.0 Å². The number of unbranched alkanes of at least 4 members (excludes halogenated alkanes) is 3. The zero-order valence-corrected chi connectivity index (χ0v) is 18.2. The van der Waals surface area contributed by atoms with Gasteiger partial charge in [-0.1, -0.05) is 12.8 Å². The third kappa shape index (κ3) is 6.71. The number of imide groups is 1. The molecule has 31 heavy (non-hydrogen) atoms. The first-order valence-corrected chi connectivity index (χ1v) is 11.8. The Balaban J connectivity index is 1.16. The predicted octanol–water partition coefficient (Wildman–Crippen LogP) is 0.345. The number of nitrogens with one attached hydrogen (secondary N) is 4. The molecule has 3 atom stereocenters. The van der Waals surface area contributed by atoms with Gasteiger partial charge in [0.1, 0.15) is 0 Å². The van der Waals surface area contributed by atoms with Crippen molar-refractivity contribution in [2.45, 2.75) is 68.7 Å². The maximum Gasteiger partial charge on any atom is 0.315 e. The summed E-state index contributed by atoms with van der Waals surface area (Å²) in [5.41, 5.74) is 4.85. The van der Waals surface area contributed by atoms with Gasteiger partial charge in [0.2, 0.25) is 11.8 Å². The molecule has 10 nitrogen and oxygen atoms in total. The van der Waals surface area contributed by atoms with Gasteiger partial charge in [-0.05, 0) is 25.7 Å². The van der Waals surface area contributed by atoms with Gasteiger partial charge in [0, 0.05) is 42.5 Å². The SMILES string of the molecule is O=C(CCCCCN1C(=O)C=CC1=O)NNC(=O)CCCCC1SCC2NC(=O)NC21. The van der Waals surface area contributed by atoms with Crippen molar-refractivity contribution in [2.24, 2.45) is 0 Å². The smallest absolute Gasteiger partial charge is 0.315 e. The van der Waals surface area contributed by atoms with E-state index >= 15 is 0 Å². The van der Waals surface area contributed by atoms with Crippen LogP contribution in [0.5, 0.6) is 0 Å². The summed E-state index contributed by atoms with van der Waals surface area (Å²) in [6, 6.07) is 0.298. The fraction of sp³-hybridized carbons (Fsp3) is 0.650. The lowest BCUT2D eigenvalue weighted by Gasteiger charge is -2.16. The molecule has 0 aliphatic carbocycles. The number of fused-ring (bicyclic) bond motifs is 1. The lowest BCUT2D eigenvalue weighted by molar-refractivity contribution is -0.137. The van der Waals surface area contributed by atoms with Gasteiger partial charge in [-0.15, -0.1) is 0 Å². The predicted molar refractivity (Wildman–Crippen MR) is 115 cm³/mol. The number of urea groups is 1. The van der Waals surface area contributed by atoms with Crippen LogP contribution >= 0.6 is 11.8 Å². The van der Waals surface area contributed by atoms with E-state index in [1.807, 2.05) is 11.8 Å². The van der Waals surface area contributed by atoms with Crippen LogP contribution in [0.4, 0.5) is 4.79 Å². The van der Waals surface area contributed by atoms with Crippen LogP contribution in [-0.2, 0) is 19.2 Å². The Morgan fingerprint density at radius 3 is 2.26 bits per heavy atom. The number of nitrogens with zero attached hydrogens (tertiary/aromatic N) is 1. The fourth-order valence-electron chi connectivity index (χ4n) is 3.92. The maximum absolute atomic E-state index is 11.9. The summed E-state index contributed by atoms with van der Waals surface area (Å²) < 4.78 is 0. The Morgan fingerprint density at radius 2 is 1.58 bits per heavy atom. The van der Waals surface area contributed by atoms with Crippen molar-refractivity contribution in [1.29, 1.82) is 0 Å². The normalized spacial score (nSPS) is 24.2. The molecule has 2 fully saturated rings. The van der Waals surface area contributed by atoms with Gasteiger partial charge in [-0.2, -0.15) is 11.8 Å². The third-order valence-corrected chi connectivity index (χ3v) is 7.12. The molecule has 3 unspecified atom stereocenters. The highest BCUT2D eigenvalue weighted by atomic mass is 32.2. The summed E-state index contributed by atoms with van der Waals surface area (Å²) in [6.07, 6.45) is 7.62. The first kappa shape index (κ1) is 23.1. The molecule has 3 aliphatic rings. The van der Waals surface area contributed by atoms with Crippen LogP contribution in [0.2, 0.25) is 0 Å². The average molecular weight is 452 g/mol. The Labute approximate surface area is 185 Å². The number of carbonyl (C=O) groups is 5. The summed E-state index contributed by atoms with van der Waals surface area (Å²) in [7, 11) is 0. The van der Waals surface area contributed by atoms with Crippen molar-refractivity contribution in [3.63, 3.8) is 0 Å². The number of carbonyl (C=O) groups excluding carboxylic acids is 5. The lowest BCUT2D eigenvalue weighted by Crippen LogP contribution is -2.41. The van der Waals surface area contributed by atoms with Crippen molar-refractivity contribution in [3.8, 4) is 0 Å². The molecule has 3 rings (SSSR count). The molecule has 2 saturated heterocycles. The van der Waals surface area contributed by atoms with Gasteiger partial charge in [0.05, 0.1) is 12.1 Å². The van der Waals surface area contributed by atoms with E-state index in [-0.39, 0.29) is 48.2 Å². The standard InChI is InChI=1S/C20H29N5O5S/c26-15(7-2-1-5-11-25-17(28)9-10-18(25)29)23-24-16(27)8-4-3-6-14-19-13(12-31-14)21-20(30)22-19/h9-10,13-14,19H,1-8,11-12H2,(H,23,26)(H,24,27)(H2,21,22,30). The summed E-state index contributed by atoms with van der Waals surface area (Å²) in [5.74, 6) is -0.148. The van der Waals surface area contributed by atoms with E-state index in [0.717, 1.165) is 25.0 Å². The second-order valence-corrected chi connectivity index (χ2v) is 9.21. The largest absolute Gasteiger partial charge is 0.332 e. The van der Waals surface area contributed by atoms with Crippen LogP contribution < -0.4 is 21.5 Å². The van der Waals surface area contributed by atoms with E-state index in [1.165, 1.54) is 17.1 Å². The number of hydrogen-bond donors (Lipinski definition) is 4. The third-order valence-electron chi connectivity index (χ3n) is 5.61. The molecule has 11 heteroatoms. The summed E-state index contributed by atoms with van der Waals surface area (Å²) in [4.78, 5) is 59.1. The lowest BCUT2D eigenvalue weighted by atomic mass is 10.0. The van der Waals surface area contributed by atoms with Gasteiger partial charge in [0.15, 0.2) is 0 Å². The quantitative estimate of drug-likeness (QED) is 0.155. The minimum atomic E-state index is -0.293. The van der Waals surface area contributed by atoms with Crippen LogP contribution in [0, 0.1) is 0 Å². The van der Waals surface area contributed by atoms with E-state index in [1.54, 1.807) is 0 Å². The van der Waals surface area contributed by atoms with Gasteiger partial charge < -0.3 is 10.6 Å². The molecule has 6 amide bonds. The summed E-state index contributed by atoms with van der Waals surface area (Å²) in [5, 5.41) is 6.25. The monoisotopic (exact) mass is 451 g/mol. The van der Waals surface area contributed by atoms with Gasteiger partial charge in [-0.3, -0.25) is 34.9 Å². The van der Waals surface area contributed by atoms with Crippen LogP contribution in [0.1, 0.15) is 51.4 Å². The zero-order chi connectivity index (χ0) is 22.2. The molecule has 0 saturated carbocycles. The van der Waals surface area contributed by atoms with Crippen molar-refractivity contribution in [3.05, 3.63) is 12.2 Å². The molecule has 0 spiro atoms. The molecular weight excluding hydrogens is 422 g/mol. The van der Waals surface area contributed by atoms with E-state index in [0.29, 0.717) is 37.5 Å². The second-order valence-electron chi connectivity index (χ2n) is 7.94. The highest BCUT2D eigenvalue weighted by Gasteiger charge is 2.42. The molecule has 0 radical (unpaired) electrons. The Kier molecular flexibility index (Phi) is 8.33. The van der Waals surface area contributed by atoms with Gasteiger partial charge >= 0.3 is 6.03 Å². The number of hydrogen-bond acceptors (Lipinski definition) is 6. The minimum absolute atomic E-state index is 0.0930.